The molecule has 0 aromatic heterocycles. The Morgan fingerprint density at radius 3 is 2.73 bits per heavy atom. The average molecular weight is 308 g/mol. The van der Waals surface area contributed by atoms with Crippen molar-refractivity contribution in [3.8, 4) is 0 Å². The van der Waals surface area contributed by atoms with E-state index in [0.29, 0.717) is 13.0 Å². The molecule has 1 amide bonds. The van der Waals surface area contributed by atoms with Crippen LogP contribution >= 0.6 is 0 Å². The van der Waals surface area contributed by atoms with Gasteiger partial charge in [0.25, 0.3) is 0 Å². The van der Waals surface area contributed by atoms with Crippen molar-refractivity contribution < 1.29 is 4.79 Å². The fraction of sp³-hybridized carbons (Fsp3) is 0.765. The monoisotopic (exact) mass is 308 g/mol. The third-order valence-electron chi connectivity index (χ3n) is 4.01. The first kappa shape index (κ1) is 18.5. The van der Waals surface area contributed by atoms with Gasteiger partial charge in [-0.1, -0.05) is 18.6 Å². The molecule has 0 aliphatic heterocycles. The Morgan fingerprint density at radius 1 is 1.32 bits per heavy atom. The zero-order valence-electron chi connectivity index (χ0n) is 14.4. The molecule has 126 valence electrons. The smallest absolute Gasteiger partial charge is 0.221 e. The highest BCUT2D eigenvalue weighted by molar-refractivity contribution is 5.81. The molecule has 5 heteroatoms. The number of guanidine groups is 1. The molecule has 0 spiro atoms. The fourth-order valence-electron chi connectivity index (χ4n) is 2.44. The van der Waals surface area contributed by atoms with Gasteiger partial charge in [-0.3, -0.25) is 9.79 Å². The maximum absolute atomic E-state index is 11.7. The molecule has 0 fully saturated rings. The Morgan fingerprint density at radius 2 is 2.09 bits per heavy atom. The summed E-state index contributed by atoms with van der Waals surface area (Å²) in [6.45, 7) is 5.58. The molecule has 1 unspecified atom stereocenters. The second kappa shape index (κ2) is 11.1. The summed E-state index contributed by atoms with van der Waals surface area (Å²) in [6.07, 6.45) is 10.0. The quantitative estimate of drug-likeness (QED) is 0.366. The molecule has 0 radical (unpaired) electrons. The van der Waals surface area contributed by atoms with E-state index in [1.807, 2.05) is 6.92 Å². The highest BCUT2D eigenvalue weighted by Crippen LogP contribution is 2.19. The average Bonchev–Trinajstić information content (AvgIpc) is 2.54. The molecule has 1 aliphatic carbocycles. The summed E-state index contributed by atoms with van der Waals surface area (Å²) in [6, 6.07) is 0.244. The lowest BCUT2D eigenvalue weighted by atomic mass is 9.97. The van der Waals surface area contributed by atoms with Crippen LogP contribution in [-0.4, -0.2) is 38.0 Å². The number of nitrogens with zero attached hydrogens (tertiary/aromatic N) is 1. The lowest BCUT2D eigenvalue weighted by Gasteiger charge is -2.15. The molecule has 5 nitrogen and oxygen atoms in total. The maximum atomic E-state index is 11.7. The highest BCUT2D eigenvalue weighted by atomic mass is 16.1. The summed E-state index contributed by atoms with van der Waals surface area (Å²) in [4.78, 5) is 15.9. The Hall–Kier alpha value is -1.52. The van der Waals surface area contributed by atoms with E-state index in [2.05, 4.69) is 33.9 Å². The number of nitrogens with one attached hydrogen (secondary N) is 3. The zero-order valence-corrected chi connectivity index (χ0v) is 14.4. The van der Waals surface area contributed by atoms with Crippen molar-refractivity contribution in [2.75, 3.05) is 20.1 Å². The molecule has 1 atom stereocenters. The molecule has 0 aromatic carbocycles. The van der Waals surface area contributed by atoms with Crippen LogP contribution in [0.2, 0.25) is 0 Å². The molecule has 22 heavy (non-hydrogen) atoms. The Bertz CT molecular complexity index is 390. The normalized spacial score (nSPS) is 16.7. The van der Waals surface area contributed by atoms with Crippen LogP contribution in [0, 0.1) is 0 Å². The first-order valence-electron chi connectivity index (χ1n) is 8.57. The Labute approximate surface area is 135 Å². The van der Waals surface area contributed by atoms with Crippen molar-refractivity contribution >= 4 is 11.9 Å². The minimum absolute atomic E-state index is 0.0877. The molecule has 3 N–H and O–H groups in total. The molecule has 0 saturated carbocycles. The molecular weight excluding hydrogens is 276 g/mol. The summed E-state index contributed by atoms with van der Waals surface area (Å²) in [5.74, 6) is 0.859. The molecule has 0 aromatic rings. The van der Waals surface area contributed by atoms with Crippen LogP contribution in [-0.2, 0) is 4.79 Å². The number of carbonyl (C=O) groups excluding carboxylic acids is 1. The fourth-order valence-corrected chi connectivity index (χ4v) is 2.44. The molecule has 0 heterocycles. The SMILES string of the molecule is CCC(C)NC(=O)CCNC(=NC)NCCC1=CCCCC1. The Balaban J connectivity index is 2.14. The number of hydrogen-bond acceptors (Lipinski definition) is 2. The number of amides is 1. The van der Waals surface area contributed by atoms with Gasteiger partial charge >= 0.3 is 0 Å². The first-order chi connectivity index (χ1) is 10.7. The highest BCUT2D eigenvalue weighted by Gasteiger charge is 2.06. The van der Waals surface area contributed by atoms with Gasteiger partial charge in [0.15, 0.2) is 5.96 Å². The van der Waals surface area contributed by atoms with Gasteiger partial charge in [0.1, 0.15) is 0 Å². The standard InChI is InChI=1S/C17H32N4O/c1-4-14(2)21-16(22)11-13-20-17(18-3)19-12-10-15-8-6-5-7-9-15/h8,14H,4-7,9-13H2,1-3H3,(H,21,22)(H2,18,19,20). The van der Waals surface area contributed by atoms with E-state index in [1.165, 1.54) is 25.7 Å². The van der Waals surface area contributed by atoms with Crippen molar-refractivity contribution in [1.29, 1.82) is 0 Å². The van der Waals surface area contributed by atoms with Crippen molar-refractivity contribution in [2.45, 2.75) is 64.8 Å². The van der Waals surface area contributed by atoms with E-state index in [1.54, 1.807) is 12.6 Å². The number of allylic oxidation sites excluding steroid dienone is 1. The molecule has 1 rings (SSSR count). The van der Waals surface area contributed by atoms with Gasteiger partial charge in [-0.2, -0.15) is 0 Å². The van der Waals surface area contributed by atoms with E-state index in [4.69, 9.17) is 0 Å². The number of hydrogen-bond donors (Lipinski definition) is 3. The van der Waals surface area contributed by atoms with Gasteiger partial charge < -0.3 is 16.0 Å². The first-order valence-corrected chi connectivity index (χ1v) is 8.57. The van der Waals surface area contributed by atoms with E-state index in [0.717, 1.165) is 25.3 Å². The minimum Gasteiger partial charge on any atom is -0.356 e. The van der Waals surface area contributed by atoms with Gasteiger partial charge in [-0.15, -0.1) is 0 Å². The molecular formula is C17H32N4O. The number of aliphatic imine (C=N–C) groups is 1. The predicted molar refractivity (Wildman–Crippen MR) is 93.0 cm³/mol. The van der Waals surface area contributed by atoms with Crippen molar-refractivity contribution in [3.63, 3.8) is 0 Å². The van der Waals surface area contributed by atoms with Gasteiger partial charge in [0.2, 0.25) is 5.91 Å². The second-order valence-corrected chi connectivity index (χ2v) is 5.91. The predicted octanol–water partition coefficient (Wildman–Crippen LogP) is 2.35. The molecule has 0 saturated heterocycles. The molecule has 1 aliphatic rings. The van der Waals surface area contributed by atoms with E-state index in [-0.39, 0.29) is 11.9 Å². The van der Waals surface area contributed by atoms with Crippen LogP contribution < -0.4 is 16.0 Å². The third kappa shape index (κ3) is 8.05. The van der Waals surface area contributed by atoms with Gasteiger partial charge in [0, 0.05) is 32.6 Å². The summed E-state index contributed by atoms with van der Waals surface area (Å²) in [7, 11) is 1.76. The van der Waals surface area contributed by atoms with Crippen LogP contribution in [0.15, 0.2) is 16.6 Å². The zero-order chi connectivity index (χ0) is 16.2. The van der Waals surface area contributed by atoms with Gasteiger partial charge in [-0.25, -0.2) is 0 Å². The minimum atomic E-state index is 0.0877. The number of carbonyl (C=O) groups is 1. The Kier molecular flexibility index (Phi) is 9.35. The van der Waals surface area contributed by atoms with E-state index < -0.39 is 0 Å². The van der Waals surface area contributed by atoms with Crippen LogP contribution in [0.25, 0.3) is 0 Å². The van der Waals surface area contributed by atoms with Crippen LogP contribution in [0.3, 0.4) is 0 Å². The second-order valence-electron chi connectivity index (χ2n) is 5.91. The van der Waals surface area contributed by atoms with Crippen molar-refractivity contribution in [1.82, 2.24) is 16.0 Å². The lowest BCUT2D eigenvalue weighted by molar-refractivity contribution is -0.121. The summed E-state index contributed by atoms with van der Waals surface area (Å²) >= 11 is 0. The van der Waals surface area contributed by atoms with Crippen molar-refractivity contribution in [2.24, 2.45) is 4.99 Å². The van der Waals surface area contributed by atoms with Gasteiger partial charge in [0.05, 0.1) is 0 Å². The van der Waals surface area contributed by atoms with Crippen LogP contribution in [0.4, 0.5) is 0 Å². The van der Waals surface area contributed by atoms with E-state index in [9.17, 15) is 4.79 Å². The van der Waals surface area contributed by atoms with E-state index >= 15 is 0 Å². The summed E-state index contributed by atoms with van der Waals surface area (Å²) in [5.41, 5.74) is 1.56. The van der Waals surface area contributed by atoms with Gasteiger partial charge in [-0.05, 0) is 45.4 Å². The summed E-state index contributed by atoms with van der Waals surface area (Å²) < 4.78 is 0. The van der Waals surface area contributed by atoms with Crippen molar-refractivity contribution in [3.05, 3.63) is 11.6 Å². The third-order valence-corrected chi connectivity index (χ3v) is 4.01. The number of rotatable bonds is 8. The molecule has 0 bridgehead atoms. The largest absolute Gasteiger partial charge is 0.356 e. The topological polar surface area (TPSA) is 65.5 Å². The lowest BCUT2D eigenvalue weighted by Crippen LogP contribution is -2.40. The van der Waals surface area contributed by atoms with Crippen LogP contribution in [0.1, 0.15) is 58.8 Å². The maximum Gasteiger partial charge on any atom is 0.221 e. The van der Waals surface area contributed by atoms with Crippen LogP contribution in [0.5, 0.6) is 0 Å². The summed E-state index contributed by atoms with van der Waals surface area (Å²) in [5, 5.41) is 9.46.